The number of carbonyl (C=O) groups is 1. The molecule has 2 heterocycles. The minimum Gasteiger partial charge on any atom is -0.495 e. The quantitative estimate of drug-likeness (QED) is 0.450. The predicted octanol–water partition coefficient (Wildman–Crippen LogP) is 4.69. The Bertz CT molecular complexity index is 1140. The van der Waals surface area contributed by atoms with E-state index in [1.54, 1.807) is 49.7 Å². The van der Waals surface area contributed by atoms with Crippen molar-refractivity contribution in [3.05, 3.63) is 77.9 Å². The number of carbonyl (C=O) groups excluding carboxylic acids is 1. The van der Waals surface area contributed by atoms with E-state index in [1.807, 2.05) is 6.07 Å². The predicted molar refractivity (Wildman–Crippen MR) is 114 cm³/mol. The molecule has 0 spiro atoms. The second kappa shape index (κ2) is 8.46. The minimum absolute atomic E-state index is 0.258. The number of thiazole rings is 1. The summed E-state index contributed by atoms with van der Waals surface area (Å²) in [5.41, 5.74) is 1.81. The summed E-state index contributed by atoms with van der Waals surface area (Å²) in [6.07, 6.45) is 3.36. The molecule has 0 radical (unpaired) electrons. The highest BCUT2D eigenvalue weighted by molar-refractivity contribution is 7.22. The second-order valence-corrected chi connectivity index (χ2v) is 7.38. The summed E-state index contributed by atoms with van der Waals surface area (Å²) < 4.78 is 25.0. The standard InChI is InChI=1S/C22H18FN3O3S/c1-28-17-9-10-18(29-2)20-19(17)25-22(30-20)26(13-14-4-3-11-24-12-14)21(27)15-5-7-16(23)8-6-15/h3-12H,13H2,1-2H3. The maximum Gasteiger partial charge on any atom is 0.260 e. The fourth-order valence-electron chi connectivity index (χ4n) is 3.04. The lowest BCUT2D eigenvalue weighted by Crippen LogP contribution is -2.30. The first-order chi connectivity index (χ1) is 14.6. The van der Waals surface area contributed by atoms with E-state index in [1.165, 1.54) is 35.6 Å². The Kier molecular flexibility index (Phi) is 5.58. The van der Waals surface area contributed by atoms with E-state index in [4.69, 9.17) is 9.47 Å². The number of halogens is 1. The van der Waals surface area contributed by atoms with Gasteiger partial charge in [0.05, 0.1) is 20.8 Å². The molecule has 4 rings (SSSR count). The zero-order valence-corrected chi connectivity index (χ0v) is 17.1. The number of benzene rings is 2. The number of rotatable bonds is 6. The molecule has 0 aliphatic carbocycles. The van der Waals surface area contributed by atoms with Crippen molar-refractivity contribution in [2.45, 2.75) is 6.54 Å². The Morgan fingerprint density at radius 3 is 2.47 bits per heavy atom. The van der Waals surface area contributed by atoms with Gasteiger partial charge in [0.25, 0.3) is 5.91 Å². The van der Waals surface area contributed by atoms with Crippen LogP contribution in [0.5, 0.6) is 11.5 Å². The number of ether oxygens (including phenoxy) is 2. The highest BCUT2D eigenvalue weighted by atomic mass is 32.1. The van der Waals surface area contributed by atoms with E-state index in [2.05, 4.69) is 9.97 Å². The molecule has 0 aliphatic rings. The third kappa shape index (κ3) is 3.81. The third-order valence-corrected chi connectivity index (χ3v) is 5.62. The average molecular weight is 423 g/mol. The molecule has 152 valence electrons. The van der Waals surface area contributed by atoms with Crippen LogP contribution in [0, 0.1) is 5.82 Å². The molecular formula is C22H18FN3O3S. The number of hydrogen-bond acceptors (Lipinski definition) is 6. The molecule has 30 heavy (non-hydrogen) atoms. The van der Waals surface area contributed by atoms with Crippen LogP contribution in [0.2, 0.25) is 0 Å². The Labute approximate surface area is 176 Å². The van der Waals surface area contributed by atoms with Crippen LogP contribution >= 0.6 is 11.3 Å². The van der Waals surface area contributed by atoms with Gasteiger partial charge in [0, 0.05) is 18.0 Å². The van der Waals surface area contributed by atoms with Gasteiger partial charge in [-0.15, -0.1) is 0 Å². The summed E-state index contributed by atoms with van der Waals surface area (Å²) in [5, 5.41) is 0.478. The SMILES string of the molecule is COc1ccc(OC)c2sc(N(Cc3cccnc3)C(=O)c3ccc(F)cc3)nc12. The number of hydrogen-bond donors (Lipinski definition) is 0. The van der Waals surface area contributed by atoms with Gasteiger partial charge in [-0.2, -0.15) is 0 Å². The van der Waals surface area contributed by atoms with Gasteiger partial charge in [0.15, 0.2) is 5.13 Å². The molecule has 0 N–H and O–H groups in total. The molecule has 0 saturated heterocycles. The van der Waals surface area contributed by atoms with Crippen molar-refractivity contribution in [3.8, 4) is 11.5 Å². The average Bonchev–Trinajstić information content (AvgIpc) is 3.23. The first-order valence-electron chi connectivity index (χ1n) is 9.08. The van der Waals surface area contributed by atoms with Gasteiger partial charge < -0.3 is 9.47 Å². The van der Waals surface area contributed by atoms with E-state index < -0.39 is 5.82 Å². The van der Waals surface area contributed by atoms with E-state index in [-0.39, 0.29) is 12.5 Å². The molecule has 0 unspecified atom stereocenters. The van der Waals surface area contributed by atoms with Crippen LogP contribution in [0.1, 0.15) is 15.9 Å². The van der Waals surface area contributed by atoms with Crippen molar-refractivity contribution < 1.29 is 18.7 Å². The molecule has 1 amide bonds. The van der Waals surface area contributed by atoms with Crippen molar-refractivity contribution >= 4 is 32.6 Å². The fourth-order valence-corrected chi connectivity index (χ4v) is 4.11. The van der Waals surface area contributed by atoms with Gasteiger partial charge >= 0.3 is 0 Å². The zero-order valence-electron chi connectivity index (χ0n) is 16.3. The Hall–Kier alpha value is -3.52. The Morgan fingerprint density at radius 1 is 1.07 bits per heavy atom. The van der Waals surface area contributed by atoms with Crippen molar-refractivity contribution in [2.24, 2.45) is 0 Å². The van der Waals surface area contributed by atoms with Crippen LogP contribution in [0.15, 0.2) is 60.9 Å². The number of aromatic nitrogens is 2. The smallest absolute Gasteiger partial charge is 0.260 e. The summed E-state index contributed by atoms with van der Waals surface area (Å²) in [6.45, 7) is 0.258. The van der Waals surface area contributed by atoms with E-state index in [0.717, 1.165) is 10.3 Å². The number of nitrogens with zero attached hydrogens (tertiary/aromatic N) is 3. The van der Waals surface area contributed by atoms with Gasteiger partial charge in [0.1, 0.15) is 27.5 Å². The van der Waals surface area contributed by atoms with Gasteiger partial charge in [-0.05, 0) is 48.0 Å². The monoisotopic (exact) mass is 423 g/mol. The van der Waals surface area contributed by atoms with E-state index in [9.17, 15) is 9.18 Å². The zero-order chi connectivity index (χ0) is 21.1. The summed E-state index contributed by atoms with van der Waals surface area (Å²) >= 11 is 1.33. The first kappa shape index (κ1) is 19.8. The van der Waals surface area contributed by atoms with E-state index in [0.29, 0.717) is 27.7 Å². The number of pyridine rings is 1. The normalized spacial score (nSPS) is 10.8. The molecule has 6 nitrogen and oxygen atoms in total. The Balaban J connectivity index is 1.82. The first-order valence-corrected chi connectivity index (χ1v) is 9.90. The number of fused-ring (bicyclic) bond motifs is 1. The molecular weight excluding hydrogens is 405 g/mol. The molecule has 0 saturated carbocycles. The highest BCUT2D eigenvalue weighted by Gasteiger charge is 2.24. The number of anilines is 1. The van der Waals surface area contributed by atoms with Crippen LogP contribution in [0.4, 0.5) is 9.52 Å². The summed E-state index contributed by atoms with van der Waals surface area (Å²) in [6, 6.07) is 12.7. The number of amides is 1. The topological polar surface area (TPSA) is 64.6 Å². The van der Waals surface area contributed by atoms with Crippen LogP contribution in [0.3, 0.4) is 0 Å². The van der Waals surface area contributed by atoms with Crippen molar-refractivity contribution in [3.63, 3.8) is 0 Å². The molecule has 0 aliphatic heterocycles. The lowest BCUT2D eigenvalue weighted by Gasteiger charge is -2.20. The van der Waals surface area contributed by atoms with Crippen LogP contribution < -0.4 is 14.4 Å². The third-order valence-electron chi connectivity index (χ3n) is 4.53. The van der Waals surface area contributed by atoms with Crippen molar-refractivity contribution in [1.82, 2.24) is 9.97 Å². The van der Waals surface area contributed by atoms with E-state index >= 15 is 0 Å². The molecule has 0 bridgehead atoms. The summed E-state index contributed by atoms with van der Waals surface area (Å²) in [7, 11) is 3.15. The maximum absolute atomic E-state index is 13.4. The van der Waals surface area contributed by atoms with Crippen LogP contribution in [-0.4, -0.2) is 30.1 Å². The molecule has 0 fully saturated rings. The largest absolute Gasteiger partial charge is 0.495 e. The minimum atomic E-state index is -0.403. The Morgan fingerprint density at radius 2 is 1.80 bits per heavy atom. The lowest BCUT2D eigenvalue weighted by molar-refractivity contribution is 0.0985. The highest BCUT2D eigenvalue weighted by Crippen LogP contribution is 2.40. The fraction of sp³-hybridized carbons (Fsp3) is 0.136. The maximum atomic E-state index is 13.4. The number of methoxy groups -OCH3 is 2. The molecule has 4 aromatic rings. The van der Waals surface area contributed by atoms with Crippen LogP contribution in [-0.2, 0) is 6.54 Å². The van der Waals surface area contributed by atoms with Crippen LogP contribution in [0.25, 0.3) is 10.2 Å². The molecule has 2 aromatic heterocycles. The summed E-state index contributed by atoms with van der Waals surface area (Å²) in [5.74, 6) is 0.532. The van der Waals surface area contributed by atoms with Crippen molar-refractivity contribution in [1.29, 1.82) is 0 Å². The molecule has 2 aromatic carbocycles. The summed E-state index contributed by atoms with van der Waals surface area (Å²) in [4.78, 5) is 23.7. The molecule has 8 heteroatoms. The van der Waals surface area contributed by atoms with Gasteiger partial charge in [-0.25, -0.2) is 9.37 Å². The van der Waals surface area contributed by atoms with Crippen molar-refractivity contribution in [2.75, 3.05) is 19.1 Å². The lowest BCUT2D eigenvalue weighted by atomic mass is 10.2. The van der Waals surface area contributed by atoms with Gasteiger partial charge in [-0.1, -0.05) is 17.4 Å². The second-order valence-electron chi connectivity index (χ2n) is 6.40. The van der Waals surface area contributed by atoms with Gasteiger partial charge in [-0.3, -0.25) is 14.7 Å². The van der Waals surface area contributed by atoms with Gasteiger partial charge in [0.2, 0.25) is 0 Å². The molecule has 0 atom stereocenters.